The summed E-state index contributed by atoms with van der Waals surface area (Å²) in [6, 6.07) is 0. The van der Waals surface area contributed by atoms with Crippen molar-refractivity contribution < 1.29 is 4.79 Å². The predicted octanol–water partition coefficient (Wildman–Crippen LogP) is 0.171. The first-order valence-electron chi connectivity index (χ1n) is 2.54. The van der Waals surface area contributed by atoms with Crippen molar-refractivity contribution in [3.8, 4) is 0 Å². The van der Waals surface area contributed by atoms with E-state index in [0.717, 1.165) is 6.54 Å². The van der Waals surface area contributed by atoms with Crippen LogP contribution in [0.1, 0.15) is 13.8 Å². The van der Waals surface area contributed by atoms with E-state index in [-0.39, 0.29) is 5.78 Å². The highest BCUT2D eigenvalue weighted by Gasteiger charge is 1.78. The monoisotopic (exact) mass is 114 g/mol. The van der Waals surface area contributed by atoms with Gasteiger partial charge in [0, 0.05) is 13.5 Å². The summed E-state index contributed by atoms with van der Waals surface area (Å²) in [6.45, 7) is 4.13. The molecule has 0 saturated heterocycles. The molecule has 0 bridgehead atoms. The number of nitrogens with zero attached hydrogens (tertiary/aromatic N) is 1. The van der Waals surface area contributed by atoms with Gasteiger partial charge in [0.1, 0.15) is 0 Å². The molecule has 0 aromatic rings. The summed E-state index contributed by atoms with van der Waals surface area (Å²) in [4.78, 5) is 10.1. The lowest BCUT2D eigenvalue weighted by molar-refractivity contribution is -0.110. The molecule has 0 fully saturated rings. The van der Waals surface area contributed by atoms with Crippen LogP contribution < -0.4 is 5.43 Å². The number of hydrogen-bond acceptors (Lipinski definition) is 3. The van der Waals surface area contributed by atoms with Crippen molar-refractivity contribution in [2.75, 3.05) is 6.54 Å². The zero-order valence-electron chi connectivity index (χ0n) is 5.14. The molecule has 0 saturated carbocycles. The molecule has 0 atom stereocenters. The van der Waals surface area contributed by atoms with Crippen LogP contribution in [0.2, 0.25) is 0 Å². The molecule has 0 aliphatic heterocycles. The standard InChI is InChI=1S/C5H10N2O/c1-3-6-7-4-5(2)8/h4,6H,3H2,1-2H3. The highest BCUT2D eigenvalue weighted by Crippen LogP contribution is 1.59. The molecule has 3 nitrogen and oxygen atoms in total. The van der Waals surface area contributed by atoms with Gasteiger partial charge in [-0.2, -0.15) is 5.10 Å². The Morgan fingerprint density at radius 1 is 1.88 bits per heavy atom. The van der Waals surface area contributed by atoms with Crippen molar-refractivity contribution in [3.05, 3.63) is 0 Å². The Balaban J connectivity index is 3.20. The van der Waals surface area contributed by atoms with E-state index >= 15 is 0 Å². The summed E-state index contributed by atoms with van der Waals surface area (Å²) in [7, 11) is 0. The molecule has 0 aromatic heterocycles. The van der Waals surface area contributed by atoms with Gasteiger partial charge in [-0.25, -0.2) is 0 Å². The minimum absolute atomic E-state index is 0.0362. The van der Waals surface area contributed by atoms with Crippen molar-refractivity contribution in [2.24, 2.45) is 5.10 Å². The molecule has 0 heterocycles. The van der Waals surface area contributed by atoms with Crippen LogP contribution in [0.15, 0.2) is 5.10 Å². The first-order chi connectivity index (χ1) is 3.77. The quantitative estimate of drug-likeness (QED) is 0.419. The van der Waals surface area contributed by atoms with Crippen LogP contribution in [0.25, 0.3) is 0 Å². The topological polar surface area (TPSA) is 41.5 Å². The average molecular weight is 114 g/mol. The molecule has 8 heavy (non-hydrogen) atoms. The number of hydrogen-bond donors (Lipinski definition) is 1. The lowest BCUT2D eigenvalue weighted by Crippen LogP contribution is -2.05. The second-order valence-corrected chi connectivity index (χ2v) is 1.38. The third kappa shape index (κ3) is 5.14. The molecule has 1 N–H and O–H groups in total. The molecule has 3 heteroatoms. The molecule has 0 rings (SSSR count). The lowest BCUT2D eigenvalue weighted by atomic mass is 10.5. The fourth-order valence-corrected chi connectivity index (χ4v) is 0.228. The molecule has 0 radical (unpaired) electrons. The molecule has 0 aliphatic rings. The van der Waals surface area contributed by atoms with Crippen LogP contribution in [0.4, 0.5) is 0 Å². The fraction of sp³-hybridized carbons (Fsp3) is 0.600. The molecule has 0 aromatic carbocycles. The van der Waals surface area contributed by atoms with Crippen LogP contribution in [0.5, 0.6) is 0 Å². The van der Waals surface area contributed by atoms with Gasteiger partial charge in [-0.3, -0.25) is 4.79 Å². The van der Waals surface area contributed by atoms with Crippen LogP contribution in [-0.2, 0) is 4.79 Å². The van der Waals surface area contributed by atoms with E-state index in [4.69, 9.17) is 0 Å². The molecule has 0 aliphatic carbocycles. The van der Waals surface area contributed by atoms with E-state index in [1.807, 2.05) is 6.92 Å². The number of carbonyl (C=O) groups is 1. The molecular formula is C5H10N2O. The first kappa shape index (κ1) is 7.14. The first-order valence-corrected chi connectivity index (χ1v) is 2.54. The van der Waals surface area contributed by atoms with Gasteiger partial charge in [0.25, 0.3) is 0 Å². The Morgan fingerprint density at radius 3 is 2.88 bits per heavy atom. The van der Waals surface area contributed by atoms with E-state index in [2.05, 4.69) is 10.5 Å². The Hall–Kier alpha value is -0.860. The largest absolute Gasteiger partial charge is 0.310 e. The maximum Gasteiger partial charge on any atom is 0.172 e. The van der Waals surface area contributed by atoms with Crippen LogP contribution in [-0.4, -0.2) is 18.5 Å². The zero-order chi connectivity index (χ0) is 6.41. The van der Waals surface area contributed by atoms with Crippen LogP contribution in [0, 0.1) is 0 Å². The number of ketones is 1. The lowest BCUT2D eigenvalue weighted by Gasteiger charge is -1.86. The average Bonchev–Trinajstić information content (AvgIpc) is 1.66. The van der Waals surface area contributed by atoms with Crippen molar-refractivity contribution in [1.82, 2.24) is 5.43 Å². The summed E-state index contributed by atoms with van der Waals surface area (Å²) >= 11 is 0. The van der Waals surface area contributed by atoms with Crippen molar-refractivity contribution in [2.45, 2.75) is 13.8 Å². The third-order valence-electron chi connectivity index (χ3n) is 0.496. The highest BCUT2D eigenvalue weighted by molar-refractivity contribution is 6.26. The Kier molecular flexibility index (Phi) is 3.84. The summed E-state index contributed by atoms with van der Waals surface area (Å²) in [5, 5.41) is 3.56. The van der Waals surface area contributed by atoms with E-state index in [1.165, 1.54) is 13.1 Å². The van der Waals surface area contributed by atoms with Gasteiger partial charge >= 0.3 is 0 Å². The summed E-state index contributed by atoms with van der Waals surface area (Å²) in [6.07, 6.45) is 1.25. The number of rotatable bonds is 3. The Bertz CT molecular complexity index is 98.6. The SMILES string of the molecule is CCNN=CC(C)=O. The zero-order valence-corrected chi connectivity index (χ0v) is 5.14. The summed E-state index contributed by atoms with van der Waals surface area (Å²) in [5.74, 6) is -0.0362. The van der Waals surface area contributed by atoms with Crippen molar-refractivity contribution >= 4 is 12.0 Å². The Morgan fingerprint density at radius 2 is 2.50 bits per heavy atom. The summed E-state index contributed by atoms with van der Waals surface area (Å²) in [5.41, 5.74) is 2.63. The van der Waals surface area contributed by atoms with Gasteiger partial charge in [0.05, 0.1) is 6.21 Å². The molecule has 0 amide bonds. The van der Waals surface area contributed by atoms with Crippen LogP contribution >= 0.6 is 0 Å². The maximum absolute atomic E-state index is 10.1. The smallest absolute Gasteiger partial charge is 0.172 e. The third-order valence-corrected chi connectivity index (χ3v) is 0.496. The second-order valence-electron chi connectivity index (χ2n) is 1.38. The van der Waals surface area contributed by atoms with Gasteiger partial charge in [-0.05, 0) is 6.92 Å². The number of Topliss-reactive ketones (excluding diaryl/α,β-unsaturated/α-hetero) is 1. The van der Waals surface area contributed by atoms with Crippen molar-refractivity contribution in [3.63, 3.8) is 0 Å². The summed E-state index contributed by atoms with van der Waals surface area (Å²) < 4.78 is 0. The molecule has 0 spiro atoms. The van der Waals surface area contributed by atoms with E-state index in [0.29, 0.717) is 0 Å². The molecule has 46 valence electrons. The minimum Gasteiger partial charge on any atom is -0.310 e. The number of hydrazone groups is 1. The number of nitrogens with one attached hydrogen (secondary N) is 1. The molecular weight excluding hydrogens is 104 g/mol. The van der Waals surface area contributed by atoms with E-state index in [1.54, 1.807) is 0 Å². The maximum atomic E-state index is 10.1. The van der Waals surface area contributed by atoms with Gasteiger partial charge in [-0.15, -0.1) is 0 Å². The van der Waals surface area contributed by atoms with Gasteiger partial charge in [0.15, 0.2) is 5.78 Å². The van der Waals surface area contributed by atoms with E-state index in [9.17, 15) is 4.79 Å². The van der Waals surface area contributed by atoms with Crippen LogP contribution in [0.3, 0.4) is 0 Å². The van der Waals surface area contributed by atoms with Crippen molar-refractivity contribution in [1.29, 1.82) is 0 Å². The van der Waals surface area contributed by atoms with E-state index < -0.39 is 0 Å². The van der Waals surface area contributed by atoms with Gasteiger partial charge < -0.3 is 5.43 Å². The number of carbonyl (C=O) groups excluding carboxylic acids is 1. The minimum atomic E-state index is -0.0362. The highest BCUT2D eigenvalue weighted by atomic mass is 16.1. The second kappa shape index (κ2) is 4.30. The predicted molar refractivity (Wildman–Crippen MR) is 32.8 cm³/mol. The molecule has 0 unspecified atom stereocenters. The van der Waals surface area contributed by atoms with Gasteiger partial charge in [0.2, 0.25) is 0 Å². The normalized spacial score (nSPS) is 9.75. The van der Waals surface area contributed by atoms with Gasteiger partial charge in [-0.1, -0.05) is 0 Å². The Labute approximate surface area is 48.8 Å². The fourth-order valence-electron chi connectivity index (χ4n) is 0.228.